The summed E-state index contributed by atoms with van der Waals surface area (Å²) in [5.41, 5.74) is 5.87. The average Bonchev–Trinajstić information content (AvgIpc) is 3.20. The largest absolute Gasteiger partial charge is 0.465 e. The Hall–Kier alpha value is -1.60. The molecule has 1 fully saturated rings. The van der Waals surface area contributed by atoms with E-state index in [9.17, 15) is 13.2 Å². The van der Waals surface area contributed by atoms with Crippen LogP contribution in [0.5, 0.6) is 0 Å². The smallest absolute Gasteiger partial charge is 0.339 e. The van der Waals surface area contributed by atoms with E-state index in [-0.39, 0.29) is 16.5 Å². The maximum atomic E-state index is 12.4. The Morgan fingerprint density at radius 2 is 2.14 bits per heavy atom. The fraction of sp³-hybridized carbons (Fsp3) is 0.500. The van der Waals surface area contributed by atoms with Crippen molar-refractivity contribution in [3.8, 4) is 0 Å². The van der Waals surface area contributed by atoms with Gasteiger partial charge in [0, 0.05) is 11.7 Å². The molecule has 1 unspecified atom stereocenters. The minimum absolute atomic E-state index is 0.0522. The fourth-order valence-electron chi connectivity index (χ4n) is 2.28. The third-order valence-corrected chi connectivity index (χ3v) is 5.09. The van der Waals surface area contributed by atoms with Gasteiger partial charge >= 0.3 is 5.97 Å². The second-order valence-electron chi connectivity index (χ2n) is 5.45. The van der Waals surface area contributed by atoms with Crippen molar-refractivity contribution in [2.45, 2.75) is 37.1 Å². The summed E-state index contributed by atoms with van der Waals surface area (Å²) in [7, 11) is -2.59. The van der Waals surface area contributed by atoms with E-state index >= 15 is 0 Å². The molecule has 0 radical (unpaired) electrons. The van der Waals surface area contributed by atoms with Gasteiger partial charge in [0.05, 0.1) is 17.6 Å². The van der Waals surface area contributed by atoms with Crippen molar-refractivity contribution < 1.29 is 17.9 Å². The number of rotatable bonds is 6. The van der Waals surface area contributed by atoms with E-state index in [1.807, 2.05) is 6.92 Å². The monoisotopic (exact) mass is 312 g/mol. The Morgan fingerprint density at radius 3 is 2.71 bits per heavy atom. The summed E-state index contributed by atoms with van der Waals surface area (Å²) in [6, 6.07) is 3.91. The molecule has 0 amide bonds. The molecule has 6 nitrogen and oxygen atoms in total. The molecule has 1 aromatic rings. The van der Waals surface area contributed by atoms with Crippen LogP contribution in [-0.2, 0) is 14.8 Å². The van der Waals surface area contributed by atoms with Gasteiger partial charge in [-0.25, -0.2) is 17.9 Å². The van der Waals surface area contributed by atoms with Crippen molar-refractivity contribution in [2.24, 2.45) is 5.92 Å². The van der Waals surface area contributed by atoms with Gasteiger partial charge in [0.1, 0.15) is 0 Å². The van der Waals surface area contributed by atoms with Crippen molar-refractivity contribution in [3.05, 3.63) is 23.8 Å². The number of ether oxygens (including phenoxy) is 1. The zero-order valence-electron chi connectivity index (χ0n) is 12.1. The van der Waals surface area contributed by atoms with Gasteiger partial charge in [-0.1, -0.05) is 12.8 Å². The first-order valence-corrected chi connectivity index (χ1v) is 8.32. The number of methoxy groups -OCH3 is 1. The number of sulfonamides is 1. The van der Waals surface area contributed by atoms with Crippen LogP contribution in [0.1, 0.15) is 36.5 Å². The van der Waals surface area contributed by atoms with Crippen LogP contribution < -0.4 is 10.5 Å². The summed E-state index contributed by atoms with van der Waals surface area (Å²) in [5, 5.41) is 0. The molecule has 0 saturated heterocycles. The first-order valence-electron chi connectivity index (χ1n) is 6.83. The second kappa shape index (κ2) is 6.03. The first-order chi connectivity index (χ1) is 9.83. The van der Waals surface area contributed by atoms with Crippen LogP contribution in [0.4, 0.5) is 5.69 Å². The van der Waals surface area contributed by atoms with Crippen molar-refractivity contribution in [1.82, 2.24) is 4.72 Å². The summed E-state index contributed by atoms with van der Waals surface area (Å²) in [4.78, 5) is 11.6. The number of hydrogen-bond donors (Lipinski definition) is 2. The summed E-state index contributed by atoms with van der Waals surface area (Å²) >= 11 is 0. The van der Waals surface area contributed by atoms with E-state index in [1.165, 1.54) is 25.3 Å². The standard InChI is InChI=1S/C14H20N2O4S/c1-9(7-10-3-4-10)16-21(18,19)13-6-5-11(15)8-12(13)14(17)20-2/h5-6,8-10,16H,3-4,7,15H2,1-2H3. The van der Waals surface area contributed by atoms with Crippen LogP contribution >= 0.6 is 0 Å². The third-order valence-electron chi connectivity index (χ3n) is 3.44. The number of benzene rings is 1. The summed E-state index contributed by atoms with van der Waals surface area (Å²) in [6.45, 7) is 1.82. The van der Waals surface area contributed by atoms with Crippen LogP contribution in [0.15, 0.2) is 23.1 Å². The van der Waals surface area contributed by atoms with Gasteiger partial charge in [0.15, 0.2) is 0 Å². The molecule has 0 aliphatic heterocycles. The SMILES string of the molecule is COC(=O)c1cc(N)ccc1S(=O)(=O)NC(C)CC1CC1. The predicted octanol–water partition coefficient (Wildman–Crippen LogP) is 1.52. The summed E-state index contributed by atoms with van der Waals surface area (Å²) in [6.07, 6.45) is 3.12. The maximum absolute atomic E-state index is 12.4. The minimum Gasteiger partial charge on any atom is -0.465 e. The highest BCUT2D eigenvalue weighted by atomic mass is 32.2. The van der Waals surface area contributed by atoms with Crippen LogP contribution in [-0.4, -0.2) is 27.5 Å². The zero-order chi connectivity index (χ0) is 15.6. The summed E-state index contributed by atoms with van der Waals surface area (Å²) < 4.78 is 32.1. The Morgan fingerprint density at radius 1 is 1.48 bits per heavy atom. The maximum Gasteiger partial charge on any atom is 0.339 e. The molecule has 0 heterocycles. The molecule has 1 aromatic carbocycles. The molecule has 116 valence electrons. The van der Waals surface area contributed by atoms with Gasteiger partial charge in [0.2, 0.25) is 10.0 Å². The molecule has 0 spiro atoms. The van der Waals surface area contributed by atoms with E-state index in [2.05, 4.69) is 9.46 Å². The molecule has 0 bridgehead atoms. The lowest BCUT2D eigenvalue weighted by Gasteiger charge is -2.15. The number of hydrogen-bond acceptors (Lipinski definition) is 5. The van der Waals surface area contributed by atoms with Gasteiger partial charge in [0.25, 0.3) is 0 Å². The predicted molar refractivity (Wildman–Crippen MR) is 79.3 cm³/mol. The Kier molecular flexibility index (Phi) is 4.53. The van der Waals surface area contributed by atoms with Crippen molar-refractivity contribution in [1.29, 1.82) is 0 Å². The molecule has 1 aliphatic rings. The molecule has 1 aliphatic carbocycles. The van der Waals surface area contributed by atoms with E-state index < -0.39 is 16.0 Å². The number of carbonyl (C=O) groups is 1. The van der Waals surface area contributed by atoms with Gasteiger partial charge in [-0.05, 0) is 37.5 Å². The van der Waals surface area contributed by atoms with Crippen molar-refractivity contribution in [3.63, 3.8) is 0 Å². The molecule has 2 rings (SSSR count). The molecule has 1 saturated carbocycles. The molecular formula is C14H20N2O4S. The highest BCUT2D eigenvalue weighted by Gasteiger charge is 2.28. The number of carbonyl (C=O) groups excluding carboxylic acids is 1. The highest BCUT2D eigenvalue weighted by molar-refractivity contribution is 7.89. The third kappa shape index (κ3) is 3.95. The van der Waals surface area contributed by atoms with E-state index in [0.717, 1.165) is 19.3 Å². The molecular weight excluding hydrogens is 292 g/mol. The Bertz CT molecular complexity index is 638. The van der Waals surface area contributed by atoms with Crippen molar-refractivity contribution in [2.75, 3.05) is 12.8 Å². The number of anilines is 1. The molecule has 0 aromatic heterocycles. The highest BCUT2D eigenvalue weighted by Crippen LogP contribution is 2.33. The van der Waals surface area contributed by atoms with Crippen molar-refractivity contribution >= 4 is 21.7 Å². The number of nitrogens with one attached hydrogen (secondary N) is 1. The Balaban J connectivity index is 2.27. The molecule has 1 atom stereocenters. The van der Waals surface area contributed by atoms with E-state index in [4.69, 9.17) is 5.73 Å². The normalized spacial score (nSPS) is 16.5. The second-order valence-corrected chi connectivity index (χ2v) is 7.13. The van der Waals surface area contributed by atoms with Crippen LogP contribution in [0.25, 0.3) is 0 Å². The average molecular weight is 312 g/mol. The van der Waals surface area contributed by atoms with Gasteiger partial charge in [-0.15, -0.1) is 0 Å². The Labute approximate surface area is 124 Å². The van der Waals surface area contributed by atoms with Crippen LogP contribution in [0, 0.1) is 5.92 Å². The van der Waals surface area contributed by atoms with E-state index in [0.29, 0.717) is 11.6 Å². The quantitative estimate of drug-likeness (QED) is 0.613. The first kappa shape index (κ1) is 15.8. The van der Waals surface area contributed by atoms with Crippen LogP contribution in [0.3, 0.4) is 0 Å². The summed E-state index contributed by atoms with van der Waals surface area (Å²) in [5.74, 6) is -0.119. The molecule has 3 N–H and O–H groups in total. The molecule has 21 heavy (non-hydrogen) atoms. The van der Waals surface area contributed by atoms with Gasteiger partial charge in [-0.3, -0.25) is 0 Å². The van der Waals surface area contributed by atoms with E-state index in [1.54, 1.807) is 0 Å². The lowest BCUT2D eigenvalue weighted by Crippen LogP contribution is -2.34. The topological polar surface area (TPSA) is 98.5 Å². The lowest BCUT2D eigenvalue weighted by atomic mass is 10.2. The number of nitrogens with two attached hydrogens (primary N) is 1. The number of nitrogen functional groups attached to an aromatic ring is 1. The molecule has 7 heteroatoms. The lowest BCUT2D eigenvalue weighted by molar-refractivity contribution is 0.0596. The minimum atomic E-state index is -3.79. The van der Waals surface area contributed by atoms with Crippen LogP contribution in [0.2, 0.25) is 0 Å². The van der Waals surface area contributed by atoms with Gasteiger partial charge in [-0.2, -0.15) is 0 Å². The fourth-order valence-corrected chi connectivity index (χ4v) is 3.71. The van der Waals surface area contributed by atoms with Gasteiger partial charge < -0.3 is 10.5 Å². The number of esters is 1. The zero-order valence-corrected chi connectivity index (χ0v) is 12.9.